The van der Waals surface area contributed by atoms with Gasteiger partial charge in [0.1, 0.15) is 0 Å². The minimum atomic E-state index is -0.414. The first-order valence-electron chi connectivity index (χ1n) is 8.37. The fraction of sp³-hybridized carbons (Fsp3) is 0.500. The number of hydrogen-bond acceptors (Lipinski definition) is 4. The quantitative estimate of drug-likeness (QED) is 0.807. The zero-order valence-electron chi connectivity index (χ0n) is 13.9. The summed E-state index contributed by atoms with van der Waals surface area (Å²) < 4.78 is 7.52. The Bertz CT molecular complexity index is 668. The van der Waals surface area contributed by atoms with Crippen molar-refractivity contribution >= 4 is 11.6 Å². The average Bonchev–Trinajstić information content (AvgIpc) is 3.17. The van der Waals surface area contributed by atoms with Gasteiger partial charge in [-0.2, -0.15) is 5.10 Å². The summed E-state index contributed by atoms with van der Waals surface area (Å²) in [5, 5.41) is 18.7. The van der Waals surface area contributed by atoms with Crippen molar-refractivity contribution in [2.75, 3.05) is 13.2 Å². The summed E-state index contributed by atoms with van der Waals surface area (Å²) in [6.45, 7) is 4.03. The lowest BCUT2D eigenvalue weighted by molar-refractivity contribution is -0.0200. The largest absolute Gasteiger partial charge is 0.392 e. The Labute approximate surface area is 147 Å². The second kappa shape index (κ2) is 7.66. The lowest BCUT2D eigenvalue weighted by atomic mass is 9.95. The molecule has 1 aliphatic heterocycles. The molecule has 2 heterocycles. The molecule has 0 saturated carbocycles. The molecule has 0 amide bonds. The van der Waals surface area contributed by atoms with Crippen LogP contribution < -0.4 is 5.32 Å². The molecule has 5 nitrogen and oxygen atoms in total. The van der Waals surface area contributed by atoms with Gasteiger partial charge >= 0.3 is 0 Å². The Morgan fingerprint density at radius 1 is 1.46 bits per heavy atom. The molecule has 2 N–H and O–H groups in total. The van der Waals surface area contributed by atoms with E-state index in [0.717, 1.165) is 30.8 Å². The molecule has 1 aromatic carbocycles. The van der Waals surface area contributed by atoms with Gasteiger partial charge in [-0.25, -0.2) is 4.68 Å². The maximum atomic E-state index is 10.2. The van der Waals surface area contributed by atoms with Gasteiger partial charge in [0.2, 0.25) is 0 Å². The van der Waals surface area contributed by atoms with Crippen molar-refractivity contribution in [3.63, 3.8) is 0 Å². The molecule has 1 aromatic heterocycles. The Hall–Kier alpha value is -1.40. The van der Waals surface area contributed by atoms with Crippen molar-refractivity contribution in [2.24, 2.45) is 0 Å². The summed E-state index contributed by atoms with van der Waals surface area (Å²) in [7, 11) is 0. The van der Waals surface area contributed by atoms with Crippen LogP contribution in [0.15, 0.2) is 36.5 Å². The van der Waals surface area contributed by atoms with Crippen LogP contribution in [0.25, 0.3) is 5.69 Å². The second-order valence-electron chi connectivity index (χ2n) is 6.62. The van der Waals surface area contributed by atoms with Gasteiger partial charge in [-0.1, -0.05) is 17.7 Å². The molecule has 3 rings (SSSR count). The van der Waals surface area contributed by atoms with Gasteiger partial charge < -0.3 is 15.2 Å². The first-order chi connectivity index (χ1) is 11.5. The first kappa shape index (κ1) is 17.4. The number of nitrogens with one attached hydrogen (secondary N) is 1. The van der Waals surface area contributed by atoms with E-state index in [4.69, 9.17) is 16.3 Å². The van der Waals surface area contributed by atoms with Crippen molar-refractivity contribution in [2.45, 2.75) is 44.4 Å². The normalized spacial score (nSPS) is 22.0. The van der Waals surface area contributed by atoms with E-state index in [1.54, 1.807) is 4.68 Å². The van der Waals surface area contributed by atoms with E-state index in [9.17, 15) is 5.11 Å². The second-order valence-corrected chi connectivity index (χ2v) is 7.06. The number of aromatic nitrogens is 2. The number of ether oxygens (including phenoxy) is 1. The third-order valence-corrected chi connectivity index (χ3v) is 4.61. The highest BCUT2D eigenvalue weighted by molar-refractivity contribution is 6.30. The summed E-state index contributed by atoms with van der Waals surface area (Å²) in [6.07, 6.45) is 4.26. The molecule has 1 aliphatic rings. The molecular weight excluding hydrogens is 326 g/mol. The van der Waals surface area contributed by atoms with Crippen LogP contribution in [0.1, 0.15) is 31.9 Å². The molecule has 1 saturated heterocycles. The Kier molecular flexibility index (Phi) is 5.56. The molecule has 0 aliphatic carbocycles. The van der Waals surface area contributed by atoms with Gasteiger partial charge in [0.15, 0.2) is 0 Å². The Balaban J connectivity index is 1.47. The first-order valence-corrected chi connectivity index (χ1v) is 8.75. The van der Waals surface area contributed by atoms with Crippen molar-refractivity contribution in [1.82, 2.24) is 15.1 Å². The molecule has 1 fully saturated rings. The van der Waals surface area contributed by atoms with E-state index < -0.39 is 6.10 Å². The Morgan fingerprint density at radius 2 is 2.33 bits per heavy atom. The van der Waals surface area contributed by atoms with Crippen LogP contribution in [-0.4, -0.2) is 39.7 Å². The molecule has 0 radical (unpaired) electrons. The van der Waals surface area contributed by atoms with E-state index in [0.29, 0.717) is 24.5 Å². The van der Waals surface area contributed by atoms with E-state index in [1.165, 1.54) is 0 Å². The van der Waals surface area contributed by atoms with Crippen LogP contribution in [0.4, 0.5) is 0 Å². The van der Waals surface area contributed by atoms with Gasteiger partial charge in [-0.15, -0.1) is 0 Å². The number of nitrogens with zero attached hydrogens (tertiary/aromatic N) is 2. The molecule has 2 aromatic rings. The van der Waals surface area contributed by atoms with Crippen LogP contribution in [-0.2, 0) is 11.3 Å². The van der Waals surface area contributed by atoms with Crippen molar-refractivity contribution in [3.05, 3.63) is 47.2 Å². The number of aliphatic hydroxyl groups excluding tert-OH is 1. The fourth-order valence-electron chi connectivity index (χ4n) is 3.15. The smallest absolute Gasteiger partial charge is 0.0766 e. The molecule has 24 heavy (non-hydrogen) atoms. The molecule has 0 spiro atoms. The third kappa shape index (κ3) is 4.57. The minimum absolute atomic E-state index is 0.171. The maximum absolute atomic E-state index is 10.2. The highest BCUT2D eigenvalue weighted by Crippen LogP contribution is 2.29. The summed E-state index contributed by atoms with van der Waals surface area (Å²) in [5.74, 6) is 0. The summed E-state index contributed by atoms with van der Waals surface area (Å²) >= 11 is 6.01. The van der Waals surface area contributed by atoms with Crippen LogP contribution in [0.5, 0.6) is 0 Å². The average molecular weight is 350 g/mol. The lowest BCUT2D eigenvalue weighted by Gasteiger charge is -2.26. The van der Waals surface area contributed by atoms with Crippen molar-refractivity contribution in [3.8, 4) is 5.69 Å². The number of rotatable bonds is 7. The van der Waals surface area contributed by atoms with Gasteiger partial charge in [0.25, 0.3) is 0 Å². The predicted molar refractivity (Wildman–Crippen MR) is 94.5 cm³/mol. The van der Waals surface area contributed by atoms with Gasteiger partial charge in [-0.3, -0.25) is 0 Å². The monoisotopic (exact) mass is 349 g/mol. The van der Waals surface area contributed by atoms with Gasteiger partial charge in [-0.05, 0) is 44.0 Å². The van der Waals surface area contributed by atoms with Crippen LogP contribution in [0.2, 0.25) is 5.02 Å². The number of halogens is 1. The van der Waals surface area contributed by atoms with E-state index in [-0.39, 0.29) is 5.60 Å². The Morgan fingerprint density at radius 3 is 3.08 bits per heavy atom. The zero-order valence-corrected chi connectivity index (χ0v) is 14.7. The van der Waals surface area contributed by atoms with E-state index >= 15 is 0 Å². The predicted octanol–water partition coefficient (Wildman–Crippen LogP) is 2.94. The minimum Gasteiger partial charge on any atom is -0.392 e. The molecule has 2 unspecified atom stereocenters. The maximum Gasteiger partial charge on any atom is 0.0766 e. The van der Waals surface area contributed by atoms with Crippen LogP contribution >= 0.6 is 11.6 Å². The summed E-state index contributed by atoms with van der Waals surface area (Å²) in [6, 6.07) is 9.54. The molecule has 2 atom stereocenters. The zero-order chi connectivity index (χ0) is 17.0. The third-order valence-electron chi connectivity index (χ3n) is 4.37. The van der Waals surface area contributed by atoms with Gasteiger partial charge in [0, 0.05) is 37.3 Å². The topological polar surface area (TPSA) is 59.3 Å². The van der Waals surface area contributed by atoms with Crippen molar-refractivity contribution in [1.29, 1.82) is 0 Å². The highest BCUT2D eigenvalue weighted by atomic mass is 35.5. The molecule has 6 heteroatoms. The lowest BCUT2D eigenvalue weighted by Crippen LogP contribution is -2.35. The standard InChI is InChI=1S/C18H24ClN3O2/c1-18(7-3-9-24-18)11-17(23)13-20-12-15-6-8-22(21-15)16-5-2-4-14(19)10-16/h2,4-6,8,10,17,20,23H,3,7,9,11-13H2,1H3. The molecular formula is C18H24ClN3O2. The van der Waals surface area contributed by atoms with E-state index in [1.807, 2.05) is 36.5 Å². The van der Waals surface area contributed by atoms with Crippen LogP contribution in [0.3, 0.4) is 0 Å². The van der Waals surface area contributed by atoms with Crippen molar-refractivity contribution < 1.29 is 9.84 Å². The van der Waals surface area contributed by atoms with Crippen LogP contribution in [0, 0.1) is 0 Å². The van der Waals surface area contributed by atoms with Gasteiger partial charge in [0.05, 0.1) is 23.1 Å². The molecule has 0 bridgehead atoms. The highest BCUT2D eigenvalue weighted by Gasteiger charge is 2.31. The fourth-order valence-corrected chi connectivity index (χ4v) is 3.34. The summed E-state index contributed by atoms with van der Waals surface area (Å²) in [5.41, 5.74) is 1.68. The SMILES string of the molecule is CC1(CC(O)CNCc2ccn(-c3cccc(Cl)c3)n2)CCCO1. The molecule has 130 valence electrons. The number of benzene rings is 1. The number of hydrogen-bond donors (Lipinski definition) is 2. The van der Waals surface area contributed by atoms with E-state index in [2.05, 4.69) is 17.3 Å². The summed E-state index contributed by atoms with van der Waals surface area (Å²) in [4.78, 5) is 0. The number of aliphatic hydroxyl groups is 1.